The van der Waals surface area contributed by atoms with Crippen LogP contribution in [0.1, 0.15) is 11.6 Å². The molecule has 68 valence electrons. The second kappa shape index (κ2) is 4.22. The number of hydrogen-bond acceptors (Lipinski definition) is 2. The van der Waals surface area contributed by atoms with Crippen LogP contribution < -0.4 is 5.32 Å². The highest BCUT2D eigenvalue weighted by atomic mass is 35.5. The minimum absolute atomic E-state index is 0.265. The SMILES string of the molecule is CNC(C#N)c1ccc(F)cc1Cl. The number of nitrogens with one attached hydrogen (secondary N) is 1. The van der Waals surface area contributed by atoms with Gasteiger partial charge >= 0.3 is 0 Å². The summed E-state index contributed by atoms with van der Waals surface area (Å²) in [4.78, 5) is 0. The fourth-order valence-electron chi connectivity index (χ4n) is 1.03. The van der Waals surface area contributed by atoms with Gasteiger partial charge in [0.25, 0.3) is 0 Å². The van der Waals surface area contributed by atoms with Crippen molar-refractivity contribution in [1.29, 1.82) is 5.26 Å². The molecule has 0 fully saturated rings. The van der Waals surface area contributed by atoms with Gasteiger partial charge in [-0.3, -0.25) is 0 Å². The highest BCUT2D eigenvalue weighted by Gasteiger charge is 2.11. The molecule has 13 heavy (non-hydrogen) atoms. The smallest absolute Gasteiger partial charge is 0.124 e. The molecule has 0 aliphatic carbocycles. The van der Waals surface area contributed by atoms with Crippen molar-refractivity contribution in [2.75, 3.05) is 7.05 Å². The van der Waals surface area contributed by atoms with E-state index in [0.29, 0.717) is 5.56 Å². The van der Waals surface area contributed by atoms with Crippen molar-refractivity contribution in [3.05, 3.63) is 34.6 Å². The van der Waals surface area contributed by atoms with Crippen molar-refractivity contribution < 1.29 is 4.39 Å². The molecule has 1 N–H and O–H groups in total. The van der Waals surface area contributed by atoms with E-state index in [2.05, 4.69) is 5.32 Å². The van der Waals surface area contributed by atoms with Gasteiger partial charge in [0.1, 0.15) is 11.9 Å². The molecule has 0 aromatic heterocycles. The average molecular weight is 199 g/mol. The molecule has 0 saturated carbocycles. The Morgan fingerprint density at radius 3 is 2.77 bits per heavy atom. The predicted octanol–water partition coefficient (Wildman–Crippen LogP) is 2.26. The Morgan fingerprint density at radius 1 is 1.62 bits per heavy atom. The number of nitrogens with zero attached hydrogens (tertiary/aromatic N) is 1. The summed E-state index contributed by atoms with van der Waals surface area (Å²) < 4.78 is 12.6. The zero-order valence-electron chi connectivity index (χ0n) is 7.01. The van der Waals surface area contributed by atoms with Gasteiger partial charge in [0.2, 0.25) is 0 Å². The molecule has 0 aliphatic heterocycles. The van der Waals surface area contributed by atoms with Crippen molar-refractivity contribution >= 4 is 11.6 Å². The molecule has 1 rings (SSSR count). The molecule has 1 aromatic rings. The first-order chi connectivity index (χ1) is 6.19. The Balaban J connectivity index is 3.09. The van der Waals surface area contributed by atoms with Crippen LogP contribution in [0.5, 0.6) is 0 Å². The molecule has 1 unspecified atom stereocenters. The van der Waals surface area contributed by atoms with Crippen molar-refractivity contribution in [1.82, 2.24) is 5.32 Å². The lowest BCUT2D eigenvalue weighted by Crippen LogP contribution is -2.14. The summed E-state index contributed by atoms with van der Waals surface area (Å²) in [6, 6.07) is 5.49. The van der Waals surface area contributed by atoms with E-state index in [0.717, 1.165) is 0 Å². The van der Waals surface area contributed by atoms with Gasteiger partial charge in [-0.05, 0) is 19.2 Å². The third-order valence-corrected chi connectivity index (χ3v) is 2.02. The molecule has 0 bridgehead atoms. The van der Waals surface area contributed by atoms with Gasteiger partial charge in [-0.1, -0.05) is 17.7 Å². The predicted molar refractivity (Wildman–Crippen MR) is 48.8 cm³/mol. The molecule has 0 heterocycles. The molecular formula is C9H8ClFN2. The minimum Gasteiger partial charge on any atom is -0.301 e. The van der Waals surface area contributed by atoms with Crippen LogP contribution in [0.2, 0.25) is 5.02 Å². The molecule has 0 saturated heterocycles. The van der Waals surface area contributed by atoms with Crippen LogP contribution in [0.4, 0.5) is 4.39 Å². The molecule has 4 heteroatoms. The lowest BCUT2D eigenvalue weighted by Gasteiger charge is -2.09. The standard InChI is InChI=1S/C9H8ClFN2/c1-13-9(5-12)7-3-2-6(11)4-8(7)10/h2-4,9,13H,1H3. The molecule has 0 amide bonds. The van der Waals surface area contributed by atoms with E-state index in [1.165, 1.54) is 18.2 Å². The summed E-state index contributed by atoms with van der Waals surface area (Å²) in [5, 5.41) is 11.7. The Hall–Kier alpha value is -1.11. The van der Waals surface area contributed by atoms with Crippen LogP contribution in [-0.4, -0.2) is 7.05 Å². The van der Waals surface area contributed by atoms with Gasteiger partial charge in [-0.2, -0.15) is 5.26 Å². The third kappa shape index (κ3) is 2.18. The number of halogens is 2. The maximum absolute atomic E-state index is 12.6. The molecule has 0 radical (unpaired) electrons. The van der Waals surface area contributed by atoms with Gasteiger partial charge in [0.05, 0.1) is 6.07 Å². The third-order valence-electron chi connectivity index (χ3n) is 1.69. The van der Waals surface area contributed by atoms with E-state index in [1.54, 1.807) is 7.05 Å². The van der Waals surface area contributed by atoms with E-state index in [9.17, 15) is 4.39 Å². The second-order valence-electron chi connectivity index (χ2n) is 2.52. The van der Waals surface area contributed by atoms with E-state index >= 15 is 0 Å². The summed E-state index contributed by atoms with van der Waals surface area (Å²) in [5.41, 5.74) is 0.591. The van der Waals surface area contributed by atoms with Gasteiger partial charge in [-0.15, -0.1) is 0 Å². The van der Waals surface area contributed by atoms with Crippen LogP contribution in [0.25, 0.3) is 0 Å². The zero-order chi connectivity index (χ0) is 9.84. The maximum Gasteiger partial charge on any atom is 0.124 e. The van der Waals surface area contributed by atoms with Gasteiger partial charge in [0.15, 0.2) is 0 Å². The quantitative estimate of drug-likeness (QED) is 0.792. The van der Waals surface area contributed by atoms with Crippen LogP contribution >= 0.6 is 11.6 Å². The molecule has 0 spiro atoms. The summed E-state index contributed by atoms with van der Waals surface area (Å²) in [6.45, 7) is 0. The normalized spacial score (nSPS) is 12.2. The summed E-state index contributed by atoms with van der Waals surface area (Å²) in [6.07, 6.45) is 0. The fourth-order valence-corrected chi connectivity index (χ4v) is 1.30. The van der Waals surface area contributed by atoms with Gasteiger partial charge in [-0.25, -0.2) is 4.39 Å². The summed E-state index contributed by atoms with van der Waals surface area (Å²) in [5.74, 6) is -0.401. The highest BCUT2D eigenvalue weighted by molar-refractivity contribution is 6.31. The first kappa shape index (κ1) is 9.97. The van der Waals surface area contributed by atoms with Crippen molar-refractivity contribution in [2.24, 2.45) is 0 Å². The van der Waals surface area contributed by atoms with E-state index in [4.69, 9.17) is 16.9 Å². The molecular weight excluding hydrogens is 191 g/mol. The van der Waals surface area contributed by atoms with Crippen LogP contribution in [-0.2, 0) is 0 Å². The minimum atomic E-state index is -0.493. The van der Waals surface area contributed by atoms with Crippen molar-refractivity contribution in [3.63, 3.8) is 0 Å². The summed E-state index contributed by atoms with van der Waals surface area (Å²) in [7, 11) is 1.65. The molecule has 1 atom stereocenters. The topological polar surface area (TPSA) is 35.8 Å². The Morgan fingerprint density at radius 2 is 2.31 bits per heavy atom. The van der Waals surface area contributed by atoms with E-state index in [1.807, 2.05) is 6.07 Å². The first-order valence-electron chi connectivity index (χ1n) is 3.71. The lowest BCUT2D eigenvalue weighted by molar-refractivity contribution is 0.625. The number of benzene rings is 1. The second-order valence-corrected chi connectivity index (χ2v) is 2.92. The van der Waals surface area contributed by atoms with Crippen LogP contribution in [0.3, 0.4) is 0 Å². The lowest BCUT2D eigenvalue weighted by atomic mass is 10.1. The van der Waals surface area contributed by atoms with Crippen molar-refractivity contribution in [2.45, 2.75) is 6.04 Å². The average Bonchev–Trinajstić information content (AvgIpc) is 2.10. The summed E-state index contributed by atoms with van der Waals surface area (Å²) >= 11 is 5.75. The molecule has 0 aliphatic rings. The first-order valence-corrected chi connectivity index (χ1v) is 4.08. The Bertz CT molecular complexity index is 346. The molecule has 2 nitrogen and oxygen atoms in total. The number of nitriles is 1. The van der Waals surface area contributed by atoms with Crippen LogP contribution in [0.15, 0.2) is 18.2 Å². The van der Waals surface area contributed by atoms with Gasteiger partial charge < -0.3 is 5.32 Å². The Labute approximate surface area is 80.9 Å². The van der Waals surface area contributed by atoms with Crippen molar-refractivity contribution in [3.8, 4) is 6.07 Å². The number of hydrogen-bond donors (Lipinski definition) is 1. The molecule has 1 aromatic carbocycles. The number of rotatable bonds is 2. The fraction of sp³-hybridized carbons (Fsp3) is 0.222. The highest BCUT2D eigenvalue weighted by Crippen LogP contribution is 2.22. The van der Waals surface area contributed by atoms with Gasteiger partial charge in [0, 0.05) is 10.6 Å². The largest absolute Gasteiger partial charge is 0.301 e. The maximum atomic E-state index is 12.6. The zero-order valence-corrected chi connectivity index (χ0v) is 7.77. The monoisotopic (exact) mass is 198 g/mol. The Kier molecular flexibility index (Phi) is 3.24. The van der Waals surface area contributed by atoms with Crippen LogP contribution in [0, 0.1) is 17.1 Å². The van der Waals surface area contributed by atoms with E-state index < -0.39 is 11.9 Å². The van der Waals surface area contributed by atoms with E-state index in [-0.39, 0.29) is 5.02 Å².